The van der Waals surface area contributed by atoms with Crippen LogP contribution in [-0.4, -0.2) is 31.4 Å². The molecule has 1 aliphatic carbocycles. The highest BCUT2D eigenvalue weighted by molar-refractivity contribution is 6.62. The lowest BCUT2D eigenvalue weighted by Gasteiger charge is -2.32. The van der Waals surface area contributed by atoms with Gasteiger partial charge in [0, 0.05) is 18.8 Å². The van der Waals surface area contributed by atoms with E-state index in [0.29, 0.717) is 5.92 Å². The summed E-state index contributed by atoms with van der Waals surface area (Å²) in [7, 11) is -0.240. The molecule has 2 heterocycles. The van der Waals surface area contributed by atoms with Crippen LogP contribution in [0.15, 0.2) is 18.2 Å². The number of piperidine rings is 1. The van der Waals surface area contributed by atoms with Gasteiger partial charge in [0.1, 0.15) is 0 Å². The van der Waals surface area contributed by atoms with Gasteiger partial charge in [0.05, 0.1) is 11.2 Å². The van der Waals surface area contributed by atoms with Crippen LogP contribution < -0.4 is 10.4 Å². The molecule has 0 radical (unpaired) electrons. The van der Waals surface area contributed by atoms with Crippen molar-refractivity contribution in [1.82, 2.24) is 0 Å². The SMILES string of the molecule is CC1(C)OB(c2cc(N3CCCCC3)ccc2C2CC2)OC1(C)C. The summed E-state index contributed by atoms with van der Waals surface area (Å²) in [6.07, 6.45) is 6.57. The fraction of sp³-hybridized carbons (Fsp3) is 0.700. The number of benzene rings is 1. The molecule has 2 aliphatic heterocycles. The van der Waals surface area contributed by atoms with Crippen LogP contribution in [0.4, 0.5) is 5.69 Å². The van der Waals surface area contributed by atoms with E-state index in [1.807, 2.05) is 0 Å². The van der Waals surface area contributed by atoms with Gasteiger partial charge >= 0.3 is 7.12 Å². The lowest BCUT2D eigenvalue weighted by molar-refractivity contribution is 0.00578. The van der Waals surface area contributed by atoms with Crippen molar-refractivity contribution in [2.45, 2.75) is 76.9 Å². The van der Waals surface area contributed by atoms with Crippen molar-refractivity contribution in [3.05, 3.63) is 23.8 Å². The molecule has 1 saturated carbocycles. The molecule has 0 atom stereocenters. The molecule has 3 fully saturated rings. The van der Waals surface area contributed by atoms with Gasteiger partial charge in [0.25, 0.3) is 0 Å². The molecule has 0 amide bonds. The van der Waals surface area contributed by atoms with E-state index in [4.69, 9.17) is 9.31 Å². The van der Waals surface area contributed by atoms with Crippen LogP contribution in [0.25, 0.3) is 0 Å². The van der Waals surface area contributed by atoms with E-state index in [0.717, 1.165) is 0 Å². The highest BCUT2D eigenvalue weighted by atomic mass is 16.7. The summed E-state index contributed by atoms with van der Waals surface area (Å²) in [5.41, 5.74) is 3.48. The summed E-state index contributed by atoms with van der Waals surface area (Å²) in [5.74, 6) is 0.703. The van der Waals surface area contributed by atoms with Crippen molar-refractivity contribution in [1.29, 1.82) is 0 Å². The van der Waals surface area contributed by atoms with Gasteiger partial charge in [-0.05, 0) is 88.9 Å². The fourth-order valence-corrected chi connectivity index (χ4v) is 3.85. The quantitative estimate of drug-likeness (QED) is 0.787. The topological polar surface area (TPSA) is 21.7 Å². The van der Waals surface area contributed by atoms with Crippen LogP contribution in [0.5, 0.6) is 0 Å². The Kier molecular flexibility index (Phi) is 3.96. The Balaban J connectivity index is 1.67. The molecule has 0 spiro atoms. The van der Waals surface area contributed by atoms with Crippen molar-refractivity contribution in [2.75, 3.05) is 18.0 Å². The number of anilines is 1. The standard InChI is InChI=1S/C20H30BNO2/c1-19(2)20(3,4)24-21(23-19)18-14-16(22-12-6-5-7-13-22)10-11-17(18)15-8-9-15/h10-11,14-15H,5-9,12-13H2,1-4H3. The van der Waals surface area contributed by atoms with E-state index in [1.165, 1.54) is 61.9 Å². The van der Waals surface area contributed by atoms with Crippen molar-refractivity contribution in [3.63, 3.8) is 0 Å². The zero-order valence-electron chi connectivity index (χ0n) is 15.6. The van der Waals surface area contributed by atoms with Crippen molar-refractivity contribution in [3.8, 4) is 0 Å². The monoisotopic (exact) mass is 327 g/mol. The van der Waals surface area contributed by atoms with Gasteiger partial charge in [-0.1, -0.05) is 6.07 Å². The number of hydrogen-bond donors (Lipinski definition) is 0. The fourth-order valence-electron chi connectivity index (χ4n) is 3.85. The lowest BCUT2D eigenvalue weighted by Crippen LogP contribution is -2.41. The first-order valence-electron chi connectivity index (χ1n) is 9.62. The highest BCUT2D eigenvalue weighted by Crippen LogP contribution is 2.42. The molecule has 3 aliphatic rings. The Labute approximate surface area is 146 Å². The van der Waals surface area contributed by atoms with E-state index >= 15 is 0 Å². The van der Waals surface area contributed by atoms with Gasteiger partial charge in [-0.25, -0.2) is 0 Å². The minimum Gasteiger partial charge on any atom is -0.399 e. The smallest absolute Gasteiger partial charge is 0.399 e. The molecule has 0 N–H and O–H groups in total. The minimum absolute atomic E-state index is 0.240. The summed E-state index contributed by atoms with van der Waals surface area (Å²) < 4.78 is 12.7. The van der Waals surface area contributed by atoms with Crippen LogP contribution in [0.1, 0.15) is 71.3 Å². The maximum absolute atomic E-state index is 6.37. The van der Waals surface area contributed by atoms with Crippen LogP contribution >= 0.6 is 0 Å². The molecule has 0 unspecified atom stereocenters. The third-order valence-corrected chi connectivity index (χ3v) is 6.32. The van der Waals surface area contributed by atoms with Crippen molar-refractivity contribution >= 4 is 18.3 Å². The number of nitrogens with zero attached hydrogens (tertiary/aromatic N) is 1. The average molecular weight is 327 g/mol. The summed E-state index contributed by atoms with van der Waals surface area (Å²) in [4.78, 5) is 2.52. The molecule has 24 heavy (non-hydrogen) atoms. The van der Waals surface area contributed by atoms with Crippen LogP contribution in [0, 0.1) is 0 Å². The van der Waals surface area contributed by atoms with E-state index in [9.17, 15) is 0 Å². The van der Waals surface area contributed by atoms with Crippen LogP contribution in [0.3, 0.4) is 0 Å². The maximum Gasteiger partial charge on any atom is 0.495 e. The minimum atomic E-state index is -0.278. The molecule has 4 rings (SSSR count). The van der Waals surface area contributed by atoms with Crippen molar-refractivity contribution < 1.29 is 9.31 Å². The summed E-state index contributed by atoms with van der Waals surface area (Å²) in [6, 6.07) is 7.00. The van der Waals surface area contributed by atoms with Gasteiger partial charge in [0.2, 0.25) is 0 Å². The normalized spacial score (nSPS) is 26.0. The van der Waals surface area contributed by atoms with Crippen LogP contribution in [-0.2, 0) is 9.31 Å². The molecule has 1 aromatic rings. The van der Waals surface area contributed by atoms with E-state index < -0.39 is 0 Å². The van der Waals surface area contributed by atoms with E-state index in [2.05, 4.69) is 50.8 Å². The van der Waals surface area contributed by atoms with E-state index in [1.54, 1.807) is 0 Å². The molecule has 130 valence electrons. The van der Waals surface area contributed by atoms with Gasteiger partial charge in [-0.15, -0.1) is 0 Å². The first-order valence-corrected chi connectivity index (χ1v) is 9.62. The Morgan fingerprint density at radius 3 is 2.17 bits per heavy atom. The number of hydrogen-bond acceptors (Lipinski definition) is 3. The van der Waals surface area contributed by atoms with Gasteiger partial charge in [-0.2, -0.15) is 0 Å². The predicted molar refractivity (Wildman–Crippen MR) is 100 cm³/mol. The van der Waals surface area contributed by atoms with E-state index in [-0.39, 0.29) is 18.3 Å². The molecular formula is C20H30BNO2. The maximum atomic E-state index is 6.37. The first-order chi connectivity index (χ1) is 11.4. The lowest BCUT2D eigenvalue weighted by atomic mass is 9.74. The second-order valence-corrected chi connectivity index (χ2v) is 8.72. The molecule has 0 aromatic heterocycles. The van der Waals surface area contributed by atoms with Crippen LogP contribution in [0.2, 0.25) is 0 Å². The predicted octanol–water partition coefficient (Wildman–Crippen LogP) is 3.85. The summed E-state index contributed by atoms with van der Waals surface area (Å²) >= 11 is 0. The Bertz CT molecular complexity index is 602. The zero-order chi connectivity index (χ0) is 16.9. The molecule has 0 bridgehead atoms. The Hall–Kier alpha value is -0.995. The third-order valence-electron chi connectivity index (χ3n) is 6.32. The molecule has 3 nitrogen and oxygen atoms in total. The van der Waals surface area contributed by atoms with Gasteiger partial charge in [-0.3, -0.25) is 0 Å². The summed E-state index contributed by atoms with van der Waals surface area (Å²) in [6.45, 7) is 10.9. The average Bonchev–Trinajstić information content (AvgIpc) is 3.35. The molecule has 1 aromatic carbocycles. The highest BCUT2D eigenvalue weighted by Gasteiger charge is 2.52. The van der Waals surface area contributed by atoms with Gasteiger partial charge < -0.3 is 14.2 Å². The second-order valence-electron chi connectivity index (χ2n) is 8.72. The third kappa shape index (κ3) is 2.88. The van der Waals surface area contributed by atoms with Crippen molar-refractivity contribution in [2.24, 2.45) is 0 Å². The first kappa shape index (κ1) is 16.5. The molecular weight excluding hydrogens is 297 g/mol. The Morgan fingerprint density at radius 1 is 0.958 bits per heavy atom. The zero-order valence-corrected chi connectivity index (χ0v) is 15.6. The Morgan fingerprint density at radius 2 is 1.58 bits per heavy atom. The molecule has 2 saturated heterocycles. The summed E-state index contributed by atoms with van der Waals surface area (Å²) in [5, 5.41) is 0. The second kappa shape index (κ2) is 5.77. The van der Waals surface area contributed by atoms with Gasteiger partial charge in [0.15, 0.2) is 0 Å². The largest absolute Gasteiger partial charge is 0.495 e. The number of rotatable bonds is 3. The molecule has 4 heteroatoms.